The van der Waals surface area contributed by atoms with Gasteiger partial charge in [-0.15, -0.1) is 0 Å². The summed E-state index contributed by atoms with van der Waals surface area (Å²) in [5, 5.41) is 18.4. The van der Waals surface area contributed by atoms with Crippen LogP contribution in [0.1, 0.15) is 35.6 Å². The van der Waals surface area contributed by atoms with E-state index in [2.05, 4.69) is 5.16 Å². The molecule has 0 aliphatic carbocycles. The van der Waals surface area contributed by atoms with Gasteiger partial charge >= 0.3 is 5.97 Å². The first kappa shape index (κ1) is 23.3. The van der Waals surface area contributed by atoms with Gasteiger partial charge in [-0.2, -0.15) is 0 Å². The first-order valence-electron chi connectivity index (χ1n) is 12.8. The Bertz CT molecular complexity index is 1920. The third-order valence-corrected chi connectivity index (χ3v) is 7.72. The number of cyclic esters (lactones) is 1. The molecule has 7 rings (SSSR count). The summed E-state index contributed by atoms with van der Waals surface area (Å²) in [4.78, 5) is 36.8. The number of rotatable bonds is 4. The fourth-order valence-electron chi connectivity index (χ4n) is 5.62. The number of benzene rings is 3. The van der Waals surface area contributed by atoms with Crippen molar-refractivity contribution in [2.24, 2.45) is 5.16 Å². The van der Waals surface area contributed by atoms with Crippen molar-refractivity contribution in [2.75, 3.05) is 0 Å². The molecule has 5 aromatic rings. The van der Waals surface area contributed by atoms with Crippen LogP contribution in [0, 0.1) is 0 Å². The minimum Gasteiger partial charge on any atom is -0.458 e. The molecule has 3 aromatic carbocycles. The predicted molar refractivity (Wildman–Crippen MR) is 147 cm³/mol. The van der Waals surface area contributed by atoms with Crippen LogP contribution < -0.4 is 10.4 Å². The number of carbonyl (C=O) groups excluding carboxylic acids is 1. The molecule has 2 aliphatic heterocycles. The molecule has 0 amide bonds. The third kappa shape index (κ3) is 3.42. The highest BCUT2D eigenvalue weighted by Crippen LogP contribution is 2.40. The first-order chi connectivity index (χ1) is 19.0. The molecule has 0 saturated carbocycles. The number of aliphatic hydroxyl groups is 1. The smallest absolute Gasteiger partial charge is 0.343 e. The van der Waals surface area contributed by atoms with Crippen molar-refractivity contribution in [3.05, 3.63) is 105 Å². The van der Waals surface area contributed by atoms with Gasteiger partial charge in [0.2, 0.25) is 0 Å². The lowest BCUT2D eigenvalue weighted by Crippen LogP contribution is -2.44. The second kappa shape index (κ2) is 8.61. The van der Waals surface area contributed by atoms with Gasteiger partial charge in [-0.25, -0.2) is 9.78 Å². The van der Waals surface area contributed by atoms with Crippen LogP contribution in [-0.4, -0.2) is 26.8 Å². The Balaban J connectivity index is 1.38. The Labute approximate surface area is 222 Å². The summed E-state index contributed by atoms with van der Waals surface area (Å²) >= 11 is 0. The lowest BCUT2D eigenvalue weighted by Gasteiger charge is -2.31. The highest BCUT2D eigenvalue weighted by Gasteiger charge is 2.45. The van der Waals surface area contributed by atoms with E-state index in [-0.39, 0.29) is 36.3 Å². The molecule has 0 unspecified atom stereocenters. The van der Waals surface area contributed by atoms with Crippen LogP contribution >= 0.6 is 0 Å². The van der Waals surface area contributed by atoms with Gasteiger partial charge in [0.1, 0.15) is 6.61 Å². The monoisotopic (exact) mass is 517 g/mol. The molecule has 0 fully saturated rings. The number of hydrogen-bond donors (Lipinski definition) is 1. The molecule has 0 bridgehead atoms. The predicted octanol–water partition coefficient (Wildman–Crippen LogP) is 4.65. The van der Waals surface area contributed by atoms with Gasteiger partial charge in [-0.3, -0.25) is 4.79 Å². The zero-order valence-electron chi connectivity index (χ0n) is 21.0. The van der Waals surface area contributed by atoms with Gasteiger partial charge in [-0.1, -0.05) is 66.7 Å². The van der Waals surface area contributed by atoms with Crippen LogP contribution in [0.15, 0.2) is 82.7 Å². The minimum atomic E-state index is -1.88. The van der Waals surface area contributed by atoms with Crippen LogP contribution in [0.3, 0.4) is 0 Å². The van der Waals surface area contributed by atoms with E-state index in [0.29, 0.717) is 17.1 Å². The van der Waals surface area contributed by atoms with Gasteiger partial charge < -0.3 is 19.2 Å². The molecular weight excluding hydrogens is 494 g/mol. The molecule has 0 saturated heterocycles. The van der Waals surface area contributed by atoms with E-state index in [1.807, 2.05) is 66.7 Å². The SMILES string of the molecule is CC[C@@]1(O)C(=O)OCc2c1cc1n(c2=O)Cc2c-1nc1ccccc1c2/C=N/Oc1cccc2ccccc12. The second-order valence-corrected chi connectivity index (χ2v) is 9.78. The molecule has 8 heteroatoms. The van der Waals surface area contributed by atoms with E-state index in [9.17, 15) is 14.7 Å². The van der Waals surface area contributed by atoms with Crippen molar-refractivity contribution in [1.82, 2.24) is 9.55 Å². The second-order valence-electron chi connectivity index (χ2n) is 9.78. The molecule has 4 heterocycles. The molecule has 39 heavy (non-hydrogen) atoms. The molecule has 1 atom stereocenters. The molecule has 8 nitrogen and oxygen atoms in total. The van der Waals surface area contributed by atoms with Crippen molar-refractivity contribution in [2.45, 2.75) is 32.1 Å². The maximum absolute atomic E-state index is 13.6. The van der Waals surface area contributed by atoms with E-state index in [4.69, 9.17) is 14.6 Å². The Kier molecular flexibility index (Phi) is 5.14. The summed E-state index contributed by atoms with van der Waals surface area (Å²) in [5.41, 5.74) is 1.87. The summed E-state index contributed by atoms with van der Waals surface area (Å²) in [6.45, 7) is 1.78. The van der Waals surface area contributed by atoms with Crippen molar-refractivity contribution in [1.29, 1.82) is 0 Å². The average Bonchev–Trinajstić information content (AvgIpc) is 3.33. The number of para-hydroxylation sites is 1. The quantitative estimate of drug-likeness (QED) is 0.208. The van der Waals surface area contributed by atoms with Gasteiger partial charge in [0.15, 0.2) is 11.4 Å². The molecule has 2 aromatic heterocycles. The summed E-state index contributed by atoms with van der Waals surface area (Å²) in [6, 6.07) is 23.1. The number of aromatic nitrogens is 2. The van der Waals surface area contributed by atoms with Crippen molar-refractivity contribution < 1.29 is 19.5 Å². The summed E-state index contributed by atoms with van der Waals surface area (Å²) in [7, 11) is 0. The largest absolute Gasteiger partial charge is 0.458 e. The standard InChI is InChI=1S/C31H23N3O5/c1-2-31(37)24-14-26-28-22(16-34(26)29(35)23(24)17-38-30(31)36)21(20-11-5-6-12-25(20)33-28)15-32-39-27-13-7-9-18-8-3-4-10-19(18)27/h3-15,37H,2,16-17H2,1H3/b32-15+/t31-/m0/s1. The van der Waals surface area contributed by atoms with Gasteiger partial charge in [0.25, 0.3) is 5.56 Å². The van der Waals surface area contributed by atoms with Crippen LogP contribution in [-0.2, 0) is 28.3 Å². The van der Waals surface area contributed by atoms with E-state index < -0.39 is 11.6 Å². The van der Waals surface area contributed by atoms with E-state index in [0.717, 1.165) is 32.8 Å². The molecule has 2 aliphatic rings. The van der Waals surface area contributed by atoms with Crippen LogP contribution in [0.5, 0.6) is 5.75 Å². The zero-order valence-corrected chi connectivity index (χ0v) is 21.0. The highest BCUT2D eigenvalue weighted by atomic mass is 16.6. The Morgan fingerprint density at radius 1 is 1.05 bits per heavy atom. The normalized spacial score (nSPS) is 17.7. The summed E-state index contributed by atoms with van der Waals surface area (Å²) < 4.78 is 6.80. The maximum Gasteiger partial charge on any atom is 0.343 e. The zero-order chi connectivity index (χ0) is 26.7. The maximum atomic E-state index is 13.6. The summed E-state index contributed by atoms with van der Waals surface area (Å²) in [6.07, 6.45) is 1.75. The Hall–Kier alpha value is -4.82. The third-order valence-electron chi connectivity index (χ3n) is 7.72. The number of esters is 1. The lowest BCUT2D eigenvalue weighted by atomic mass is 9.86. The first-order valence-corrected chi connectivity index (χ1v) is 12.8. The number of ether oxygens (including phenoxy) is 1. The van der Waals surface area contributed by atoms with Crippen LogP contribution in [0.25, 0.3) is 33.1 Å². The van der Waals surface area contributed by atoms with E-state index >= 15 is 0 Å². The fraction of sp³-hybridized carbons (Fsp3) is 0.161. The number of hydrogen-bond acceptors (Lipinski definition) is 7. The van der Waals surface area contributed by atoms with Gasteiger partial charge in [0, 0.05) is 27.5 Å². The van der Waals surface area contributed by atoms with E-state index in [1.165, 1.54) is 0 Å². The Morgan fingerprint density at radius 3 is 2.67 bits per heavy atom. The molecule has 1 N–H and O–H groups in total. The topological polar surface area (TPSA) is 103 Å². The number of fused-ring (bicyclic) bond motifs is 6. The van der Waals surface area contributed by atoms with Crippen molar-refractivity contribution >= 4 is 33.9 Å². The highest BCUT2D eigenvalue weighted by molar-refractivity contribution is 6.02. The molecule has 0 radical (unpaired) electrons. The van der Waals surface area contributed by atoms with Crippen molar-refractivity contribution in [3.8, 4) is 17.1 Å². The fourth-order valence-corrected chi connectivity index (χ4v) is 5.62. The number of carbonyl (C=O) groups is 1. The minimum absolute atomic E-state index is 0.0865. The van der Waals surface area contributed by atoms with E-state index in [1.54, 1.807) is 23.8 Å². The number of oxime groups is 1. The average molecular weight is 518 g/mol. The molecule has 192 valence electrons. The van der Waals surface area contributed by atoms with Crippen LogP contribution in [0.4, 0.5) is 0 Å². The number of pyridine rings is 2. The van der Waals surface area contributed by atoms with Crippen LogP contribution in [0.2, 0.25) is 0 Å². The van der Waals surface area contributed by atoms with Gasteiger partial charge in [0.05, 0.1) is 35.2 Å². The Morgan fingerprint density at radius 2 is 1.82 bits per heavy atom. The molecular formula is C31H23N3O5. The molecule has 0 spiro atoms. The lowest BCUT2D eigenvalue weighted by molar-refractivity contribution is -0.172. The van der Waals surface area contributed by atoms with Crippen molar-refractivity contribution in [3.63, 3.8) is 0 Å². The summed E-state index contributed by atoms with van der Waals surface area (Å²) in [5.74, 6) is -0.111. The number of nitrogens with zero attached hydrogens (tertiary/aromatic N) is 3. The van der Waals surface area contributed by atoms with Gasteiger partial charge in [-0.05, 0) is 30.0 Å².